The zero-order valence-corrected chi connectivity index (χ0v) is 8.10. The minimum atomic E-state index is -0.152. The highest BCUT2D eigenvalue weighted by Gasteiger charge is 1.94. The molecule has 0 bridgehead atoms. The first kappa shape index (κ1) is 9.45. The van der Waals surface area contributed by atoms with Crippen molar-refractivity contribution < 1.29 is 0 Å². The van der Waals surface area contributed by atoms with Gasteiger partial charge in [-0.25, -0.2) is 4.98 Å². The molecule has 0 radical (unpaired) electrons. The van der Waals surface area contributed by atoms with Crippen molar-refractivity contribution in [2.24, 2.45) is 0 Å². The molecule has 0 saturated carbocycles. The predicted octanol–water partition coefficient (Wildman–Crippen LogP) is 1.38. The number of aromatic nitrogens is 2. The number of aromatic amines is 1. The third-order valence-corrected chi connectivity index (χ3v) is 1.99. The molecule has 1 aromatic carbocycles. The van der Waals surface area contributed by atoms with Crippen molar-refractivity contribution in [3.8, 4) is 0 Å². The Morgan fingerprint density at radius 3 is 2.80 bits per heavy atom. The van der Waals surface area contributed by atoms with Crippen LogP contribution in [-0.2, 0) is 6.54 Å². The van der Waals surface area contributed by atoms with Crippen LogP contribution < -0.4 is 10.9 Å². The maximum Gasteiger partial charge on any atom is 0.252 e. The van der Waals surface area contributed by atoms with Gasteiger partial charge in [0.15, 0.2) is 0 Å². The summed E-state index contributed by atoms with van der Waals surface area (Å²) < 4.78 is 0. The topological polar surface area (TPSA) is 57.8 Å². The highest BCUT2D eigenvalue weighted by molar-refractivity contribution is 5.33. The summed E-state index contributed by atoms with van der Waals surface area (Å²) in [4.78, 5) is 17.4. The van der Waals surface area contributed by atoms with E-state index in [4.69, 9.17) is 0 Å². The van der Waals surface area contributed by atoms with E-state index in [1.165, 1.54) is 12.4 Å². The molecule has 4 nitrogen and oxygen atoms in total. The fourth-order valence-corrected chi connectivity index (χ4v) is 1.25. The van der Waals surface area contributed by atoms with Gasteiger partial charge in [-0.1, -0.05) is 30.3 Å². The number of anilines is 1. The van der Waals surface area contributed by atoms with Crippen molar-refractivity contribution in [1.29, 1.82) is 0 Å². The molecule has 0 aliphatic carbocycles. The number of hydrogen-bond acceptors (Lipinski definition) is 3. The molecule has 1 heterocycles. The van der Waals surface area contributed by atoms with Gasteiger partial charge >= 0.3 is 0 Å². The van der Waals surface area contributed by atoms with Crippen molar-refractivity contribution in [2.75, 3.05) is 5.32 Å². The van der Waals surface area contributed by atoms with E-state index in [9.17, 15) is 4.79 Å². The zero-order valence-electron chi connectivity index (χ0n) is 8.10. The Hall–Kier alpha value is -2.10. The first-order chi connectivity index (χ1) is 7.34. The fraction of sp³-hybridized carbons (Fsp3) is 0.0909. The van der Waals surface area contributed by atoms with Crippen LogP contribution in [0.25, 0.3) is 0 Å². The van der Waals surface area contributed by atoms with Crippen LogP contribution in [0.2, 0.25) is 0 Å². The Morgan fingerprint density at radius 1 is 1.27 bits per heavy atom. The second-order valence-electron chi connectivity index (χ2n) is 3.14. The number of nitrogens with zero attached hydrogens (tertiary/aromatic N) is 1. The molecule has 2 N–H and O–H groups in total. The summed E-state index contributed by atoms with van der Waals surface area (Å²) in [6, 6.07) is 11.4. The lowest BCUT2D eigenvalue weighted by Gasteiger charge is -2.03. The molecular weight excluding hydrogens is 190 g/mol. The molecule has 0 aliphatic rings. The molecule has 2 aromatic rings. The Balaban J connectivity index is 2.02. The van der Waals surface area contributed by atoms with Crippen LogP contribution in [0.3, 0.4) is 0 Å². The molecule has 0 amide bonds. The maximum atomic E-state index is 11.0. The van der Waals surface area contributed by atoms with Crippen LogP contribution in [0.15, 0.2) is 47.5 Å². The van der Waals surface area contributed by atoms with Gasteiger partial charge in [0.25, 0.3) is 5.56 Å². The summed E-state index contributed by atoms with van der Waals surface area (Å²) in [5, 5.41) is 3.07. The third kappa shape index (κ3) is 2.67. The van der Waals surface area contributed by atoms with Gasteiger partial charge in [-0.2, -0.15) is 0 Å². The molecule has 0 aliphatic heterocycles. The second kappa shape index (κ2) is 4.41. The summed E-state index contributed by atoms with van der Waals surface area (Å²) in [5.41, 5.74) is 1.00. The number of benzene rings is 1. The predicted molar refractivity (Wildman–Crippen MR) is 58.6 cm³/mol. The van der Waals surface area contributed by atoms with E-state index in [0.717, 1.165) is 5.56 Å². The van der Waals surface area contributed by atoms with Crippen LogP contribution in [0, 0.1) is 0 Å². The average Bonchev–Trinajstić information content (AvgIpc) is 2.28. The van der Waals surface area contributed by atoms with Crippen LogP contribution >= 0.6 is 0 Å². The second-order valence-corrected chi connectivity index (χ2v) is 3.14. The smallest absolute Gasteiger partial charge is 0.252 e. The van der Waals surface area contributed by atoms with Gasteiger partial charge in [0.05, 0.1) is 6.33 Å². The molecule has 0 fully saturated rings. The van der Waals surface area contributed by atoms with E-state index in [1.807, 2.05) is 30.3 Å². The van der Waals surface area contributed by atoms with Crippen molar-refractivity contribution in [3.05, 3.63) is 58.6 Å². The van der Waals surface area contributed by atoms with Crippen molar-refractivity contribution in [2.45, 2.75) is 6.54 Å². The van der Waals surface area contributed by atoms with Crippen molar-refractivity contribution >= 4 is 5.82 Å². The largest absolute Gasteiger partial charge is 0.366 e. The summed E-state index contributed by atoms with van der Waals surface area (Å²) >= 11 is 0. The zero-order chi connectivity index (χ0) is 10.5. The Labute approximate surface area is 87.0 Å². The Bertz CT molecular complexity index is 478. The third-order valence-electron chi connectivity index (χ3n) is 1.99. The monoisotopic (exact) mass is 201 g/mol. The number of nitrogens with one attached hydrogen (secondary N) is 2. The Morgan fingerprint density at radius 2 is 2.07 bits per heavy atom. The quantitative estimate of drug-likeness (QED) is 0.788. The number of H-pyrrole nitrogens is 1. The highest BCUT2D eigenvalue weighted by Crippen LogP contribution is 2.02. The van der Waals surface area contributed by atoms with E-state index >= 15 is 0 Å². The van der Waals surface area contributed by atoms with E-state index in [2.05, 4.69) is 15.3 Å². The van der Waals surface area contributed by atoms with Gasteiger partial charge < -0.3 is 10.3 Å². The molecule has 0 atom stereocenters. The highest BCUT2D eigenvalue weighted by atomic mass is 16.1. The van der Waals surface area contributed by atoms with Gasteiger partial charge in [-0.15, -0.1) is 0 Å². The SMILES string of the molecule is O=c1cc(NCc2ccccc2)nc[nH]1. The molecule has 76 valence electrons. The fourth-order valence-electron chi connectivity index (χ4n) is 1.25. The van der Waals surface area contributed by atoms with E-state index in [1.54, 1.807) is 0 Å². The van der Waals surface area contributed by atoms with Crippen LogP contribution in [0.1, 0.15) is 5.56 Å². The van der Waals surface area contributed by atoms with Crippen molar-refractivity contribution in [3.63, 3.8) is 0 Å². The summed E-state index contributed by atoms with van der Waals surface area (Å²) in [5.74, 6) is 0.586. The van der Waals surface area contributed by atoms with Crippen molar-refractivity contribution in [1.82, 2.24) is 9.97 Å². The number of hydrogen-bond donors (Lipinski definition) is 2. The van der Waals surface area contributed by atoms with Crippen LogP contribution in [-0.4, -0.2) is 9.97 Å². The van der Waals surface area contributed by atoms with Gasteiger partial charge in [0.2, 0.25) is 0 Å². The molecule has 4 heteroatoms. The molecule has 2 rings (SSSR count). The van der Waals surface area contributed by atoms with E-state index in [0.29, 0.717) is 12.4 Å². The lowest BCUT2D eigenvalue weighted by molar-refractivity contribution is 1.06. The first-order valence-electron chi connectivity index (χ1n) is 4.67. The molecule has 0 unspecified atom stereocenters. The summed E-state index contributed by atoms with van der Waals surface area (Å²) in [6.07, 6.45) is 1.38. The molecule has 1 aromatic heterocycles. The Kier molecular flexibility index (Phi) is 2.78. The maximum absolute atomic E-state index is 11.0. The standard InChI is InChI=1S/C11H11N3O/c15-11-6-10(13-8-14-11)12-7-9-4-2-1-3-5-9/h1-6,8H,7H2,(H2,12,13,14,15). The van der Waals surface area contributed by atoms with Gasteiger partial charge in [-0.3, -0.25) is 4.79 Å². The van der Waals surface area contributed by atoms with Gasteiger partial charge in [-0.05, 0) is 5.56 Å². The lowest BCUT2D eigenvalue weighted by Crippen LogP contribution is -2.08. The minimum absolute atomic E-state index is 0.152. The van der Waals surface area contributed by atoms with Crippen LogP contribution in [0.5, 0.6) is 0 Å². The minimum Gasteiger partial charge on any atom is -0.366 e. The van der Waals surface area contributed by atoms with E-state index in [-0.39, 0.29) is 5.56 Å². The molecular formula is C11H11N3O. The average molecular weight is 201 g/mol. The molecule has 15 heavy (non-hydrogen) atoms. The van der Waals surface area contributed by atoms with Gasteiger partial charge in [0, 0.05) is 12.6 Å². The van der Waals surface area contributed by atoms with Gasteiger partial charge in [0.1, 0.15) is 5.82 Å². The van der Waals surface area contributed by atoms with E-state index < -0.39 is 0 Å². The summed E-state index contributed by atoms with van der Waals surface area (Å²) in [6.45, 7) is 0.664. The normalized spacial score (nSPS) is 9.87. The molecule has 0 spiro atoms. The molecule has 0 saturated heterocycles. The lowest BCUT2D eigenvalue weighted by atomic mass is 10.2. The van der Waals surface area contributed by atoms with Crippen LogP contribution in [0.4, 0.5) is 5.82 Å². The first-order valence-corrected chi connectivity index (χ1v) is 4.67. The number of rotatable bonds is 3. The summed E-state index contributed by atoms with van der Waals surface area (Å²) in [7, 11) is 0.